The van der Waals surface area contributed by atoms with Crippen LogP contribution < -0.4 is 5.32 Å². The Morgan fingerprint density at radius 3 is 2.63 bits per heavy atom. The lowest BCUT2D eigenvalue weighted by Crippen LogP contribution is -2.50. The van der Waals surface area contributed by atoms with Crippen LogP contribution in [-0.2, 0) is 4.74 Å². The summed E-state index contributed by atoms with van der Waals surface area (Å²) in [6.07, 6.45) is 5.86. The van der Waals surface area contributed by atoms with Crippen LogP contribution in [0, 0.1) is 11.3 Å². The molecular formula is C16H30N2O. The molecule has 110 valence electrons. The lowest BCUT2D eigenvalue weighted by Gasteiger charge is -2.37. The van der Waals surface area contributed by atoms with Crippen LogP contribution in [0.3, 0.4) is 0 Å². The van der Waals surface area contributed by atoms with Gasteiger partial charge in [0.2, 0.25) is 0 Å². The van der Waals surface area contributed by atoms with Gasteiger partial charge in [0.15, 0.2) is 0 Å². The van der Waals surface area contributed by atoms with Gasteiger partial charge < -0.3 is 10.1 Å². The highest BCUT2D eigenvalue weighted by atomic mass is 16.5. The molecule has 3 heteroatoms. The van der Waals surface area contributed by atoms with E-state index in [1.165, 1.54) is 45.3 Å². The molecule has 2 saturated heterocycles. The average molecular weight is 266 g/mol. The van der Waals surface area contributed by atoms with E-state index in [0.717, 1.165) is 12.5 Å². The predicted octanol–water partition coefficient (Wildman–Crippen LogP) is 2.26. The second-order valence-corrected chi connectivity index (χ2v) is 7.75. The Balaban J connectivity index is 1.68. The van der Waals surface area contributed by atoms with Crippen molar-refractivity contribution >= 4 is 0 Å². The van der Waals surface area contributed by atoms with Crippen molar-refractivity contribution in [2.24, 2.45) is 11.3 Å². The third kappa shape index (κ3) is 3.14. The zero-order valence-electron chi connectivity index (χ0n) is 12.8. The summed E-state index contributed by atoms with van der Waals surface area (Å²) in [7, 11) is 0. The molecule has 3 atom stereocenters. The molecule has 0 bridgehead atoms. The zero-order chi connectivity index (χ0) is 13.5. The van der Waals surface area contributed by atoms with E-state index in [1.807, 2.05) is 0 Å². The molecule has 0 radical (unpaired) electrons. The quantitative estimate of drug-likeness (QED) is 0.830. The van der Waals surface area contributed by atoms with E-state index in [4.69, 9.17) is 4.74 Å². The lowest BCUT2D eigenvalue weighted by molar-refractivity contribution is 0.0407. The maximum atomic E-state index is 6.04. The largest absolute Gasteiger partial charge is 0.376 e. The van der Waals surface area contributed by atoms with Gasteiger partial charge in [-0.05, 0) is 50.1 Å². The monoisotopic (exact) mass is 266 g/mol. The summed E-state index contributed by atoms with van der Waals surface area (Å²) in [4.78, 5) is 2.74. The highest BCUT2D eigenvalue weighted by molar-refractivity contribution is 4.97. The van der Waals surface area contributed by atoms with Crippen molar-refractivity contribution in [3.63, 3.8) is 0 Å². The number of rotatable bonds is 2. The lowest BCUT2D eigenvalue weighted by atomic mass is 9.86. The second kappa shape index (κ2) is 5.34. The van der Waals surface area contributed by atoms with Gasteiger partial charge in [0, 0.05) is 25.2 Å². The van der Waals surface area contributed by atoms with E-state index in [9.17, 15) is 0 Å². The molecule has 3 rings (SSSR count). The van der Waals surface area contributed by atoms with Crippen LogP contribution in [0.5, 0.6) is 0 Å². The van der Waals surface area contributed by atoms with Gasteiger partial charge in [-0.1, -0.05) is 20.8 Å². The molecule has 3 unspecified atom stereocenters. The Kier molecular flexibility index (Phi) is 3.89. The van der Waals surface area contributed by atoms with Crippen LogP contribution in [0.1, 0.15) is 46.5 Å². The molecular weight excluding hydrogens is 236 g/mol. The molecule has 0 spiro atoms. The first kappa shape index (κ1) is 13.8. The second-order valence-electron chi connectivity index (χ2n) is 7.75. The van der Waals surface area contributed by atoms with Crippen LogP contribution in [0.4, 0.5) is 0 Å². The van der Waals surface area contributed by atoms with Gasteiger partial charge in [-0.3, -0.25) is 4.90 Å². The van der Waals surface area contributed by atoms with Crippen LogP contribution in [0.15, 0.2) is 0 Å². The van der Waals surface area contributed by atoms with E-state index in [-0.39, 0.29) is 0 Å². The van der Waals surface area contributed by atoms with Crippen molar-refractivity contribution in [2.75, 3.05) is 26.2 Å². The van der Waals surface area contributed by atoms with Crippen LogP contribution in [0.2, 0.25) is 0 Å². The predicted molar refractivity (Wildman–Crippen MR) is 78.3 cm³/mol. The maximum Gasteiger partial charge on any atom is 0.0759 e. The molecule has 2 aliphatic heterocycles. The molecule has 0 amide bonds. The molecule has 19 heavy (non-hydrogen) atoms. The molecule has 0 aromatic heterocycles. The molecule has 0 aromatic rings. The Morgan fingerprint density at radius 2 is 1.95 bits per heavy atom. The smallest absolute Gasteiger partial charge is 0.0759 e. The molecule has 1 aliphatic carbocycles. The summed E-state index contributed by atoms with van der Waals surface area (Å²) in [5, 5.41) is 3.75. The molecule has 3 aliphatic rings. The van der Waals surface area contributed by atoms with Crippen molar-refractivity contribution < 1.29 is 4.74 Å². The Labute approximate surface area is 118 Å². The third-order valence-electron chi connectivity index (χ3n) is 5.13. The first-order valence-corrected chi connectivity index (χ1v) is 8.15. The first-order chi connectivity index (χ1) is 9.05. The standard InChI is InChI=1S/C16H30N2O/c1-16(2,3)14-11-18(9-4-8-17-14)13-7-10-19-15(13)12-5-6-12/h12-15,17H,4-11H2,1-3H3. The minimum atomic E-state index is 0.344. The van der Waals surface area contributed by atoms with Crippen LogP contribution in [0.25, 0.3) is 0 Å². The van der Waals surface area contributed by atoms with Crippen molar-refractivity contribution in [2.45, 2.75) is 64.6 Å². The van der Waals surface area contributed by atoms with Crippen LogP contribution >= 0.6 is 0 Å². The van der Waals surface area contributed by atoms with E-state index in [2.05, 4.69) is 31.0 Å². The van der Waals surface area contributed by atoms with Crippen molar-refractivity contribution in [3.8, 4) is 0 Å². The summed E-state index contributed by atoms with van der Waals surface area (Å²) in [5.41, 5.74) is 0.344. The fraction of sp³-hybridized carbons (Fsp3) is 1.00. The highest BCUT2D eigenvalue weighted by Crippen LogP contribution is 2.40. The van der Waals surface area contributed by atoms with Gasteiger partial charge >= 0.3 is 0 Å². The van der Waals surface area contributed by atoms with Crippen molar-refractivity contribution in [3.05, 3.63) is 0 Å². The summed E-state index contributed by atoms with van der Waals surface area (Å²) in [6.45, 7) is 11.7. The number of nitrogens with zero attached hydrogens (tertiary/aromatic N) is 1. The minimum Gasteiger partial charge on any atom is -0.376 e. The zero-order valence-corrected chi connectivity index (χ0v) is 12.8. The Morgan fingerprint density at radius 1 is 1.16 bits per heavy atom. The molecule has 1 N–H and O–H groups in total. The number of hydrogen-bond acceptors (Lipinski definition) is 3. The number of nitrogens with one attached hydrogen (secondary N) is 1. The molecule has 3 fully saturated rings. The number of ether oxygens (including phenoxy) is 1. The molecule has 0 aromatic carbocycles. The van der Waals surface area contributed by atoms with Crippen molar-refractivity contribution in [1.29, 1.82) is 0 Å². The molecule has 1 saturated carbocycles. The first-order valence-electron chi connectivity index (χ1n) is 8.15. The Hall–Kier alpha value is -0.120. The van der Waals surface area contributed by atoms with Gasteiger partial charge in [0.05, 0.1) is 6.10 Å². The Bertz CT molecular complexity index is 308. The topological polar surface area (TPSA) is 24.5 Å². The maximum absolute atomic E-state index is 6.04. The highest BCUT2D eigenvalue weighted by Gasteiger charge is 2.44. The molecule has 2 heterocycles. The average Bonchev–Trinajstić information content (AvgIpc) is 3.12. The van der Waals surface area contributed by atoms with Gasteiger partial charge in [-0.15, -0.1) is 0 Å². The van der Waals surface area contributed by atoms with Gasteiger partial charge in [-0.25, -0.2) is 0 Å². The third-order valence-corrected chi connectivity index (χ3v) is 5.13. The minimum absolute atomic E-state index is 0.344. The summed E-state index contributed by atoms with van der Waals surface area (Å²) >= 11 is 0. The van der Waals surface area contributed by atoms with E-state index in [1.54, 1.807) is 0 Å². The van der Waals surface area contributed by atoms with Gasteiger partial charge in [0.25, 0.3) is 0 Å². The van der Waals surface area contributed by atoms with E-state index >= 15 is 0 Å². The normalized spacial score (nSPS) is 38.4. The van der Waals surface area contributed by atoms with E-state index in [0.29, 0.717) is 23.6 Å². The summed E-state index contributed by atoms with van der Waals surface area (Å²) in [6, 6.07) is 1.30. The summed E-state index contributed by atoms with van der Waals surface area (Å²) in [5.74, 6) is 0.872. The fourth-order valence-corrected chi connectivity index (χ4v) is 3.70. The molecule has 3 nitrogen and oxygen atoms in total. The SMILES string of the molecule is CC(C)(C)C1CN(C2CCOC2C2CC2)CCCN1. The van der Waals surface area contributed by atoms with Gasteiger partial charge in [-0.2, -0.15) is 0 Å². The van der Waals surface area contributed by atoms with Crippen molar-refractivity contribution in [1.82, 2.24) is 10.2 Å². The number of hydrogen-bond donors (Lipinski definition) is 1. The summed E-state index contributed by atoms with van der Waals surface area (Å²) < 4.78 is 6.04. The van der Waals surface area contributed by atoms with Crippen LogP contribution in [-0.4, -0.2) is 49.3 Å². The fourth-order valence-electron chi connectivity index (χ4n) is 3.70. The van der Waals surface area contributed by atoms with E-state index < -0.39 is 0 Å². The van der Waals surface area contributed by atoms with Gasteiger partial charge in [0.1, 0.15) is 0 Å².